The van der Waals surface area contributed by atoms with Crippen molar-refractivity contribution in [2.24, 2.45) is 0 Å². The van der Waals surface area contributed by atoms with Gasteiger partial charge in [-0.1, -0.05) is 51.7 Å². The molecule has 282 valence electrons. The molecule has 1 amide bonds. The number of nitriles is 1. The fraction of sp³-hybridized carbons (Fsp3) is 0.641. The van der Waals surface area contributed by atoms with Crippen LogP contribution in [0.25, 0.3) is 0 Å². The number of nitrogens with zero attached hydrogens (tertiary/aromatic N) is 3. The molecule has 0 saturated carbocycles. The van der Waals surface area contributed by atoms with Crippen LogP contribution < -0.4 is 21.1 Å². The van der Waals surface area contributed by atoms with Gasteiger partial charge in [0.15, 0.2) is 0 Å². The van der Waals surface area contributed by atoms with Crippen molar-refractivity contribution < 1.29 is 28.6 Å². The number of methoxy groups -OCH3 is 1. The number of nitrogens with two attached hydrogens (primary N) is 1. The van der Waals surface area contributed by atoms with E-state index in [1.165, 1.54) is 0 Å². The van der Waals surface area contributed by atoms with E-state index in [0.717, 1.165) is 36.8 Å². The third kappa shape index (κ3) is 16.4. The zero-order valence-electron chi connectivity index (χ0n) is 32.2. The summed E-state index contributed by atoms with van der Waals surface area (Å²) in [5.41, 5.74) is 7.94. The maximum Gasteiger partial charge on any atom is 0.308 e. The number of nitrogens with one attached hydrogen (secondary N) is 2. The zero-order valence-corrected chi connectivity index (χ0v) is 32.2. The van der Waals surface area contributed by atoms with Crippen LogP contribution in [0, 0.1) is 11.3 Å². The van der Waals surface area contributed by atoms with Crippen molar-refractivity contribution in [3.63, 3.8) is 0 Å². The van der Waals surface area contributed by atoms with Gasteiger partial charge in [0.25, 0.3) is 0 Å². The Bertz CT molecular complexity index is 1490. The number of benzene rings is 1. The number of carbonyl (C=O) groups excluding carboxylic acids is 3. The van der Waals surface area contributed by atoms with Crippen molar-refractivity contribution in [3.05, 3.63) is 40.6 Å². The Morgan fingerprint density at radius 1 is 0.922 bits per heavy atom. The van der Waals surface area contributed by atoms with Crippen molar-refractivity contribution in [1.82, 2.24) is 15.3 Å². The highest BCUT2D eigenvalue weighted by Crippen LogP contribution is 2.30. The number of anilines is 2. The van der Waals surface area contributed by atoms with Crippen molar-refractivity contribution in [3.8, 4) is 11.8 Å². The Morgan fingerprint density at radius 2 is 1.51 bits per heavy atom. The summed E-state index contributed by atoms with van der Waals surface area (Å²) in [4.78, 5) is 48.2. The van der Waals surface area contributed by atoms with Gasteiger partial charge in [0.05, 0.1) is 38.1 Å². The molecular weight excluding hydrogens is 648 g/mol. The van der Waals surface area contributed by atoms with Crippen LogP contribution in [0.1, 0.15) is 136 Å². The smallest absolute Gasteiger partial charge is 0.308 e. The number of hydrogen-bond acceptors (Lipinski definition) is 11. The summed E-state index contributed by atoms with van der Waals surface area (Å²) < 4.78 is 16.9. The Balaban J connectivity index is 2.50. The highest BCUT2D eigenvalue weighted by Gasteiger charge is 2.25. The molecule has 0 aliphatic carbocycles. The van der Waals surface area contributed by atoms with Crippen LogP contribution in [0.15, 0.2) is 18.2 Å². The number of carbonyl (C=O) groups is 3. The van der Waals surface area contributed by atoms with Gasteiger partial charge in [-0.3, -0.25) is 14.4 Å². The first-order chi connectivity index (χ1) is 24.0. The van der Waals surface area contributed by atoms with Crippen molar-refractivity contribution in [2.75, 3.05) is 18.2 Å². The highest BCUT2D eigenvalue weighted by molar-refractivity contribution is 5.78. The van der Waals surface area contributed by atoms with E-state index in [9.17, 15) is 19.6 Å². The SMILES string of the molecule is CCCCC(CC(=O)OC(C)(C)C)NC(=O)CCc1nc(N)nc(N[C@@H](CCCC)CC(=O)OC(C)(C)C)c1Cc1cc(CC#N)ccc1OC. The van der Waals surface area contributed by atoms with E-state index in [0.29, 0.717) is 42.1 Å². The lowest BCUT2D eigenvalue weighted by molar-refractivity contribution is -0.156. The van der Waals surface area contributed by atoms with Crippen LogP contribution in [0.4, 0.5) is 11.8 Å². The van der Waals surface area contributed by atoms with Gasteiger partial charge in [-0.15, -0.1) is 0 Å². The molecule has 2 rings (SSSR count). The van der Waals surface area contributed by atoms with Crippen LogP contribution in [0.3, 0.4) is 0 Å². The lowest BCUT2D eigenvalue weighted by Gasteiger charge is -2.25. The molecule has 1 aromatic heterocycles. The van der Waals surface area contributed by atoms with Crippen LogP contribution >= 0.6 is 0 Å². The van der Waals surface area contributed by atoms with E-state index in [4.69, 9.17) is 19.9 Å². The third-order valence-corrected chi connectivity index (χ3v) is 7.88. The van der Waals surface area contributed by atoms with Crippen molar-refractivity contribution in [2.45, 2.75) is 156 Å². The first kappa shape index (κ1) is 42.8. The van der Waals surface area contributed by atoms with Crippen LogP contribution in [-0.2, 0) is 43.1 Å². The van der Waals surface area contributed by atoms with Crippen LogP contribution in [-0.4, -0.2) is 58.2 Å². The predicted octanol–water partition coefficient (Wildman–Crippen LogP) is 6.77. The van der Waals surface area contributed by atoms with Crippen molar-refractivity contribution in [1.29, 1.82) is 5.26 Å². The minimum atomic E-state index is -0.627. The molecule has 4 N–H and O–H groups in total. The second kappa shape index (κ2) is 20.4. The number of nitrogen functional groups attached to an aromatic ring is 1. The van der Waals surface area contributed by atoms with Gasteiger partial charge in [0.1, 0.15) is 22.8 Å². The molecule has 1 heterocycles. The van der Waals surface area contributed by atoms with E-state index < -0.39 is 11.2 Å². The third-order valence-electron chi connectivity index (χ3n) is 7.88. The average molecular weight is 709 g/mol. The number of aryl methyl sites for hydroxylation is 1. The highest BCUT2D eigenvalue weighted by atomic mass is 16.6. The maximum absolute atomic E-state index is 13.4. The van der Waals surface area contributed by atoms with Crippen molar-refractivity contribution >= 4 is 29.6 Å². The summed E-state index contributed by atoms with van der Waals surface area (Å²) in [6, 6.07) is 7.13. The first-order valence-corrected chi connectivity index (χ1v) is 18.1. The molecule has 0 radical (unpaired) electrons. The lowest BCUT2D eigenvalue weighted by Crippen LogP contribution is -2.38. The van der Waals surface area contributed by atoms with Gasteiger partial charge >= 0.3 is 11.9 Å². The Morgan fingerprint density at radius 3 is 2.06 bits per heavy atom. The number of unbranched alkanes of at least 4 members (excludes halogenated alkanes) is 2. The molecule has 51 heavy (non-hydrogen) atoms. The zero-order chi connectivity index (χ0) is 38.2. The number of rotatable bonds is 20. The van der Waals surface area contributed by atoms with E-state index in [1.54, 1.807) is 7.11 Å². The topological polar surface area (TPSA) is 179 Å². The average Bonchev–Trinajstić information content (AvgIpc) is 3.01. The van der Waals surface area contributed by atoms with Gasteiger partial charge in [-0.05, 0) is 78.0 Å². The standard InChI is InChI=1S/C39H60N6O6/c1-10-12-14-28(24-34(47)50-38(3,4)5)42-33(46)19-17-31-30(23-27-22-26(20-21-40)16-18-32(27)49-9)36(45-37(41)44-31)43-29(15-13-11-2)25-35(48)51-39(6,7)8/h16,18,22,28-29H,10-15,17,19-20,23-25H2,1-9H3,(H,42,46)(H3,41,43,44,45)/t28?,29-/m0/s1. The molecule has 2 aromatic rings. The Hall–Kier alpha value is -4.40. The molecule has 1 aromatic carbocycles. The van der Waals surface area contributed by atoms with Gasteiger partial charge < -0.3 is 30.6 Å². The molecule has 0 fully saturated rings. The molecule has 2 atom stereocenters. The minimum absolute atomic E-state index is 0.0270. The van der Waals surface area contributed by atoms with Gasteiger partial charge in [0.2, 0.25) is 11.9 Å². The molecular formula is C39H60N6O6. The Kier molecular flexibility index (Phi) is 17.1. The fourth-order valence-corrected chi connectivity index (χ4v) is 5.67. The van der Waals surface area contributed by atoms with E-state index in [2.05, 4.69) is 40.5 Å². The van der Waals surface area contributed by atoms with Gasteiger partial charge in [-0.2, -0.15) is 10.2 Å². The number of hydrogen-bond donors (Lipinski definition) is 3. The number of ether oxygens (including phenoxy) is 3. The van der Waals surface area contributed by atoms with Crippen LogP contribution in [0.2, 0.25) is 0 Å². The summed E-state index contributed by atoms with van der Waals surface area (Å²) in [5, 5.41) is 15.9. The molecule has 1 unspecified atom stereocenters. The molecule has 0 aliphatic rings. The molecule has 12 heteroatoms. The summed E-state index contributed by atoms with van der Waals surface area (Å²) in [6.45, 7) is 15.1. The molecule has 0 saturated heterocycles. The summed E-state index contributed by atoms with van der Waals surface area (Å²) in [6.07, 6.45) is 5.98. The molecule has 0 aliphatic heterocycles. The van der Waals surface area contributed by atoms with E-state index in [1.807, 2.05) is 59.7 Å². The quantitative estimate of drug-likeness (QED) is 0.124. The second-order valence-electron chi connectivity index (χ2n) is 15.0. The fourth-order valence-electron chi connectivity index (χ4n) is 5.67. The predicted molar refractivity (Wildman–Crippen MR) is 199 cm³/mol. The molecule has 0 bridgehead atoms. The normalized spacial score (nSPS) is 12.7. The second-order valence-corrected chi connectivity index (χ2v) is 15.0. The number of aromatic nitrogens is 2. The number of amides is 1. The molecule has 12 nitrogen and oxygen atoms in total. The summed E-state index contributed by atoms with van der Waals surface area (Å²) in [5.74, 6) is 0.200. The van der Waals surface area contributed by atoms with Gasteiger partial charge in [0, 0.05) is 30.5 Å². The molecule has 0 spiro atoms. The lowest BCUT2D eigenvalue weighted by atomic mass is 9.97. The van der Waals surface area contributed by atoms with E-state index >= 15 is 0 Å². The number of esters is 2. The summed E-state index contributed by atoms with van der Waals surface area (Å²) in [7, 11) is 1.58. The largest absolute Gasteiger partial charge is 0.496 e. The summed E-state index contributed by atoms with van der Waals surface area (Å²) >= 11 is 0. The maximum atomic E-state index is 13.4. The van der Waals surface area contributed by atoms with E-state index in [-0.39, 0.29) is 68.0 Å². The van der Waals surface area contributed by atoms with Gasteiger partial charge in [-0.25, -0.2) is 4.98 Å². The van der Waals surface area contributed by atoms with Crippen LogP contribution in [0.5, 0.6) is 5.75 Å². The minimum Gasteiger partial charge on any atom is -0.496 e. The first-order valence-electron chi connectivity index (χ1n) is 18.1. The Labute approximate surface area is 304 Å². The monoisotopic (exact) mass is 708 g/mol.